The van der Waals surface area contributed by atoms with Crippen LogP contribution in [0.5, 0.6) is 11.5 Å². The Morgan fingerprint density at radius 2 is 1.48 bits per heavy atom. The number of hydrogen-bond donors (Lipinski definition) is 1. The number of carbonyl (C=O) groups is 2. The first-order valence-electron chi connectivity index (χ1n) is 10.7. The first kappa shape index (κ1) is 22.1. The summed E-state index contributed by atoms with van der Waals surface area (Å²) in [5.41, 5.74) is 2.61. The molecule has 1 heterocycles. The summed E-state index contributed by atoms with van der Waals surface area (Å²) in [6.45, 7) is 2.05. The number of ketones is 1. The van der Waals surface area contributed by atoms with Crippen LogP contribution >= 0.6 is 0 Å². The van der Waals surface area contributed by atoms with Gasteiger partial charge in [0.15, 0.2) is 0 Å². The summed E-state index contributed by atoms with van der Waals surface area (Å²) < 4.78 is 10.9. The highest BCUT2D eigenvalue weighted by Crippen LogP contribution is 2.45. The minimum atomic E-state index is -0.812. The van der Waals surface area contributed by atoms with Gasteiger partial charge in [0.05, 0.1) is 25.8 Å². The lowest BCUT2D eigenvalue weighted by Gasteiger charge is -2.26. The van der Waals surface area contributed by atoms with Gasteiger partial charge >= 0.3 is 0 Å². The third-order valence-corrected chi connectivity index (χ3v) is 5.85. The molecule has 1 amide bonds. The number of aliphatic hydroxyl groups excluding tert-OH is 1. The minimum absolute atomic E-state index is 0.0177. The highest BCUT2D eigenvalue weighted by molar-refractivity contribution is 6.51. The minimum Gasteiger partial charge on any atom is -0.506 e. The van der Waals surface area contributed by atoms with Gasteiger partial charge in [0, 0.05) is 5.69 Å². The van der Waals surface area contributed by atoms with E-state index in [2.05, 4.69) is 6.92 Å². The second-order valence-corrected chi connectivity index (χ2v) is 7.64. The Morgan fingerprint density at radius 1 is 0.879 bits per heavy atom. The molecule has 0 radical (unpaired) electrons. The van der Waals surface area contributed by atoms with Crippen molar-refractivity contribution in [1.29, 1.82) is 0 Å². The van der Waals surface area contributed by atoms with Gasteiger partial charge in [0.25, 0.3) is 11.7 Å². The summed E-state index contributed by atoms with van der Waals surface area (Å²) in [6, 6.07) is 20.9. The van der Waals surface area contributed by atoms with Gasteiger partial charge < -0.3 is 14.6 Å². The summed E-state index contributed by atoms with van der Waals surface area (Å²) in [4.78, 5) is 28.0. The third-order valence-electron chi connectivity index (χ3n) is 5.85. The van der Waals surface area contributed by atoms with Crippen molar-refractivity contribution in [2.45, 2.75) is 19.4 Å². The van der Waals surface area contributed by atoms with Crippen molar-refractivity contribution in [3.05, 3.63) is 95.1 Å². The fourth-order valence-electron chi connectivity index (χ4n) is 4.16. The lowest BCUT2D eigenvalue weighted by atomic mass is 9.93. The van der Waals surface area contributed by atoms with Gasteiger partial charge in [-0.25, -0.2) is 0 Å². The van der Waals surface area contributed by atoms with Gasteiger partial charge in [-0.15, -0.1) is 0 Å². The largest absolute Gasteiger partial charge is 0.506 e. The van der Waals surface area contributed by atoms with E-state index >= 15 is 0 Å². The Morgan fingerprint density at radius 3 is 2.03 bits per heavy atom. The molecule has 1 N–H and O–H groups in total. The van der Waals surface area contributed by atoms with Crippen molar-refractivity contribution in [3.63, 3.8) is 0 Å². The summed E-state index contributed by atoms with van der Waals surface area (Å²) >= 11 is 0. The van der Waals surface area contributed by atoms with Gasteiger partial charge in [-0.3, -0.25) is 14.5 Å². The second kappa shape index (κ2) is 9.20. The van der Waals surface area contributed by atoms with Crippen LogP contribution in [0.15, 0.2) is 78.4 Å². The molecule has 168 valence electrons. The van der Waals surface area contributed by atoms with Gasteiger partial charge in [0.1, 0.15) is 22.8 Å². The van der Waals surface area contributed by atoms with Crippen LogP contribution in [0, 0.1) is 0 Å². The molecule has 4 rings (SSSR count). The molecular formula is C27H25NO5. The molecule has 1 unspecified atom stereocenters. The molecule has 0 spiro atoms. The molecule has 1 saturated heterocycles. The Balaban J connectivity index is 1.99. The molecule has 0 saturated carbocycles. The van der Waals surface area contributed by atoms with Crippen LogP contribution < -0.4 is 14.4 Å². The first-order chi connectivity index (χ1) is 16.0. The van der Waals surface area contributed by atoms with E-state index in [1.165, 1.54) is 19.1 Å². The second-order valence-electron chi connectivity index (χ2n) is 7.64. The standard InChI is InChI=1S/C27H25NO5/c1-4-17-13-15-18(16-14-17)24-23(25(29)22-20(32-2)11-8-12-21(22)33-3)26(30)27(31)28(24)19-9-6-5-7-10-19/h5-16,24,29H,4H2,1-3H3/b25-23+. The molecule has 3 aromatic rings. The molecule has 0 aromatic heterocycles. The van der Waals surface area contributed by atoms with Crippen LogP contribution in [-0.2, 0) is 16.0 Å². The molecule has 6 nitrogen and oxygen atoms in total. The summed E-state index contributed by atoms with van der Waals surface area (Å²) in [7, 11) is 2.93. The van der Waals surface area contributed by atoms with Gasteiger partial charge in [-0.2, -0.15) is 0 Å². The van der Waals surface area contributed by atoms with Crippen molar-refractivity contribution in [2.75, 3.05) is 19.1 Å². The number of amides is 1. The Hall–Kier alpha value is -4.06. The fraction of sp³-hybridized carbons (Fsp3) is 0.185. The number of methoxy groups -OCH3 is 2. The number of aliphatic hydroxyl groups is 1. The van der Waals surface area contributed by atoms with Crippen molar-refractivity contribution in [3.8, 4) is 11.5 Å². The Labute approximate surface area is 192 Å². The molecular weight excluding hydrogens is 418 g/mol. The predicted molar refractivity (Wildman–Crippen MR) is 127 cm³/mol. The van der Waals surface area contributed by atoms with E-state index in [9.17, 15) is 14.7 Å². The maximum atomic E-state index is 13.3. The quantitative estimate of drug-likeness (QED) is 0.333. The molecule has 0 aliphatic carbocycles. The number of Topliss-reactive ketones (excluding diaryl/α,β-unsaturated/α-hetero) is 1. The maximum Gasteiger partial charge on any atom is 0.300 e. The highest BCUT2D eigenvalue weighted by Gasteiger charge is 2.47. The fourth-order valence-corrected chi connectivity index (χ4v) is 4.16. The molecule has 0 bridgehead atoms. The van der Waals surface area contributed by atoms with Gasteiger partial charge in [-0.1, -0.05) is 55.5 Å². The molecule has 3 aromatic carbocycles. The number of hydrogen-bond acceptors (Lipinski definition) is 5. The van der Waals surface area contributed by atoms with E-state index in [-0.39, 0.29) is 16.9 Å². The lowest BCUT2D eigenvalue weighted by Crippen LogP contribution is -2.29. The van der Waals surface area contributed by atoms with E-state index in [1.54, 1.807) is 42.5 Å². The number of benzene rings is 3. The number of para-hydroxylation sites is 1. The van der Waals surface area contributed by atoms with E-state index in [0.717, 1.165) is 12.0 Å². The molecule has 1 aliphatic rings. The monoisotopic (exact) mass is 443 g/mol. The smallest absolute Gasteiger partial charge is 0.300 e. The molecule has 33 heavy (non-hydrogen) atoms. The van der Waals surface area contributed by atoms with Crippen LogP contribution in [-0.4, -0.2) is 31.0 Å². The molecule has 1 atom stereocenters. The van der Waals surface area contributed by atoms with E-state index in [4.69, 9.17) is 9.47 Å². The van der Waals surface area contributed by atoms with Gasteiger partial charge in [0.2, 0.25) is 0 Å². The number of nitrogens with zero attached hydrogens (tertiary/aromatic N) is 1. The van der Waals surface area contributed by atoms with E-state index < -0.39 is 17.7 Å². The van der Waals surface area contributed by atoms with Crippen molar-refractivity contribution in [2.24, 2.45) is 0 Å². The summed E-state index contributed by atoms with van der Waals surface area (Å²) in [5, 5.41) is 11.4. The SMILES string of the molecule is CCc1ccc(C2/C(=C(\O)c3c(OC)cccc3OC)C(=O)C(=O)N2c2ccccc2)cc1. The number of rotatable bonds is 6. The highest BCUT2D eigenvalue weighted by atomic mass is 16.5. The maximum absolute atomic E-state index is 13.3. The zero-order valence-corrected chi connectivity index (χ0v) is 18.7. The number of anilines is 1. The third kappa shape index (κ3) is 3.84. The van der Waals surface area contributed by atoms with Crippen molar-refractivity contribution in [1.82, 2.24) is 0 Å². The van der Waals surface area contributed by atoms with E-state index in [0.29, 0.717) is 22.7 Å². The summed E-state index contributed by atoms with van der Waals surface area (Å²) in [6.07, 6.45) is 0.859. The average molecular weight is 443 g/mol. The molecule has 6 heteroatoms. The molecule has 1 aliphatic heterocycles. The van der Waals surface area contributed by atoms with Gasteiger partial charge in [-0.05, 0) is 41.8 Å². The lowest BCUT2D eigenvalue weighted by molar-refractivity contribution is -0.132. The Kier molecular flexibility index (Phi) is 6.18. The zero-order chi connectivity index (χ0) is 23.5. The van der Waals surface area contributed by atoms with Crippen LogP contribution in [0.4, 0.5) is 5.69 Å². The number of carbonyl (C=O) groups excluding carboxylic acids is 2. The average Bonchev–Trinajstić information content (AvgIpc) is 3.13. The van der Waals surface area contributed by atoms with Crippen molar-refractivity contribution < 1.29 is 24.2 Å². The van der Waals surface area contributed by atoms with Crippen LogP contribution in [0.1, 0.15) is 29.7 Å². The Bertz CT molecular complexity index is 1190. The topological polar surface area (TPSA) is 76.1 Å². The normalized spacial score (nSPS) is 17.3. The van der Waals surface area contributed by atoms with Crippen LogP contribution in [0.2, 0.25) is 0 Å². The van der Waals surface area contributed by atoms with E-state index in [1.807, 2.05) is 30.3 Å². The number of ether oxygens (including phenoxy) is 2. The van der Waals surface area contributed by atoms with Crippen LogP contribution in [0.3, 0.4) is 0 Å². The molecule has 1 fully saturated rings. The number of aryl methyl sites for hydroxylation is 1. The summed E-state index contributed by atoms with van der Waals surface area (Å²) in [5.74, 6) is -1.16. The first-order valence-corrected chi connectivity index (χ1v) is 10.7. The van der Waals surface area contributed by atoms with Crippen molar-refractivity contribution >= 4 is 23.1 Å². The van der Waals surface area contributed by atoms with Crippen LogP contribution in [0.25, 0.3) is 5.76 Å². The zero-order valence-electron chi connectivity index (χ0n) is 18.7. The predicted octanol–water partition coefficient (Wildman–Crippen LogP) is 4.89.